The van der Waals surface area contributed by atoms with Crippen LogP contribution in [0.5, 0.6) is 11.5 Å². The Labute approximate surface area is 184 Å². The summed E-state index contributed by atoms with van der Waals surface area (Å²) in [7, 11) is 3.06. The van der Waals surface area contributed by atoms with Crippen molar-refractivity contribution in [1.82, 2.24) is 0 Å². The second kappa shape index (κ2) is 8.97. The number of carbonyl (C=O) groups is 2. The smallest absolute Gasteiger partial charge is 0.283 e. The normalized spacial score (nSPS) is 13.5. The van der Waals surface area contributed by atoms with Gasteiger partial charge in [-0.1, -0.05) is 54.2 Å². The molecule has 0 aromatic heterocycles. The Hall–Kier alpha value is -3.71. The van der Waals surface area contributed by atoms with Crippen molar-refractivity contribution in [3.63, 3.8) is 0 Å². The van der Waals surface area contributed by atoms with E-state index in [-0.39, 0.29) is 5.70 Å². The lowest BCUT2D eigenvalue weighted by Crippen LogP contribution is -2.32. The Bertz CT molecular complexity index is 1160. The van der Waals surface area contributed by atoms with Crippen molar-refractivity contribution in [2.24, 2.45) is 0 Å². The topological polar surface area (TPSA) is 67.9 Å². The van der Waals surface area contributed by atoms with Crippen molar-refractivity contribution in [3.05, 3.63) is 89.5 Å². The largest absolute Gasteiger partial charge is 0.495 e. The van der Waals surface area contributed by atoms with Crippen LogP contribution < -0.4 is 19.7 Å². The molecule has 2 amide bonds. The van der Waals surface area contributed by atoms with Crippen LogP contribution >= 0.6 is 11.8 Å². The zero-order valence-electron chi connectivity index (χ0n) is 17.0. The number of rotatable bonds is 7. The van der Waals surface area contributed by atoms with E-state index >= 15 is 0 Å². The van der Waals surface area contributed by atoms with Gasteiger partial charge in [0, 0.05) is 4.90 Å². The molecular weight excluding hydrogens is 412 g/mol. The summed E-state index contributed by atoms with van der Waals surface area (Å²) < 4.78 is 10.8. The minimum atomic E-state index is -0.459. The highest BCUT2D eigenvalue weighted by Crippen LogP contribution is 2.41. The second-order valence-electron chi connectivity index (χ2n) is 6.56. The van der Waals surface area contributed by atoms with Crippen LogP contribution in [-0.2, 0) is 9.59 Å². The molecule has 31 heavy (non-hydrogen) atoms. The van der Waals surface area contributed by atoms with Crippen molar-refractivity contribution < 1.29 is 19.1 Å². The third-order valence-corrected chi connectivity index (χ3v) is 5.79. The van der Waals surface area contributed by atoms with E-state index in [1.165, 1.54) is 18.9 Å². The Morgan fingerprint density at radius 2 is 1.35 bits per heavy atom. The summed E-state index contributed by atoms with van der Waals surface area (Å²) in [6.45, 7) is 0. The van der Waals surface area contributed by atoms with Gasteiger partial charge in [-0.2, -0.15) is 0 Å². The molecule has 1 aliphatic heterocycles. The molecule has 1 aliphatic rings. The first-order valence-electron chi connectivity index (χ1n) is 9.53. The molecular formula is C24H20N2O4S. The molecule has 0 radical (unpaired) electrons. The Morgan fingerprint density at radius 1 is 0.742 bits per heavy atom. The number of benzene rings is 3. The third-order valence-electron chi connectivity index (χ3n) is 4.70. The Morgan fingerprint density at radius 3 is 2.06 bits per heavy atom. The van der Waals surface area contributed by atoms with Crippen LogP contribution in [0, 0.1) is 0 Å². The first kappa shape index (κ1) is 20.6. The first-order chi connectivity index (χ1) is 15.1. The average Bonchev–Trinajstić information content (AvgIpc) is 3.04. The van der Waals surface area contributed by atoms with Gasteiger partial charge in [0.1, 0.15) is 22.1 Å². The van der Waals surface area contributed by atoms with Gasteiger partial charge >= 0.3 is 0 Å². The number of para-hydroxylation sites is 4. The monoisotopic (exact) mass is 432 g/mol. The number of amides is 2. The first-order valence-corrected chi connectivity index (χ1v) is 10.3. The maximum atomic E-state index is 13.5. The third kappa shape index (κ3) is 4.00. The van der Waals surface area contributed by atoms with Crippen molar-refractivity contribution >= 4 is 35.0 Å². The maximum absolute atomic E-state index is 13.5. The predicted molar refractivity (Wildman–Crippen MR) is 121 cm³/mol. The number of methoxy groups -OCH3 is 2. The molecule has 0 unspecified atom stereocenters. The van der Waals surface area contributed by atoms with E-state index in [0.29, 0.717) is 27.8 Å². The molecule has 1 heterocycles. The van der Waals surface area contributed by atoms with Crippen molar-refractivity contribution in [1.29, 1.82) is 0 Å². The lowest BCUT2D eigenvalue weighted by atomic mass is 10.2. The molecule has 6 nitrogen and oxygen atoms in total. The van der Waals surface area contributed by atoms with Gasteiger partial charge in [-0.05, 0) is 36.4 Å². The summed E-state index contributed by atoms with van der Waals surface area (Å²) in [6, 6.07) is 23.6. The Kier molecular flexibility index (Phi) is 5.95. The minimum Gasteiger partial charge on any atom is -0.495 e. The van der Waals surface area contributed by atoms with E-state index in [4.69, 9.17) is 9.47 Å². The molecule has 7 heteroatoms. The summed E-state index contributed by atoms with van der Waals surface area (Å²) in [5.41, 5.74) is 1.17. The van der Waals surface area contributed by atoms with Gasteiger partial charge in [0.2, 0.25) is 0 Å². The lowest BCUT2D eigenvalue weighted by Gasteiger charge is -2.18. The Balaban J connectivity index is 1.79. The van der Waals surface area contributed by atoms with Crippen LogP contribution in [0.4, 0.5) is 11.4 Å². The van der Waals surface area contributed by atoms with Gasteiger partial charge in [0.25, 0.3) is 11.8 Å². The summed E-state index contributed by atoms with van der Waals surface area (Å²) in [5.74, 6) is 0.126. The van der Waals surface area contributed by atoms with Crippen LogP contribution in [0.15, 0.2) is 94.4 Å². The summed E-state index contributed by atoms with van der Waals surface area (Å²) in [4.78, 5) is 29.2. The SMILES string of the molecule is COc1ccccc1NC1=C(Sc2ccccc2)C(=O)N(c2ccccc2OC)C1=O. The molecule has 0 atom stereocenters. The van der Waals surface area contributed by atoms with E-state index in [1.807, 2.05) is 42.5 Å². The fourth-order valence-electron chi connectivity index (χ4n) is 3.24. The number of hydrogen-bond donors (Lipinski definition) is 1. The number of nitrogens with zero attached hydrogens (tertiary/aromatic N) is 1. The highest BCUT2D eigenvalue weighted by Gasteiger charge is 2.41. The zero-order valence-corrected chi connectivity index (χ0v) is 17.8. The minimum absolute atomic E-state index is 0.189. The van der Waals surface area contributed by atoms with Crippen molar-refractivity contribution in [3.8, 4) is 11.5 Å². The van der Waals surface area contributed by atoms with Gasteiger partial charge in [0.05, 0.1) is 25.6 Å². The molecule has 0 saturated carbocycles. The number of hydrogen-bond acceptors (Lipinski definition) is 6. The predicted octanol–water partition coefficient (Wildman–Crippen LogP) is 4.69. The molecule has 3 aromatic carbocycles. The molecule has 3 aromatic rings. The molecule has 0 bridgehead atoms. The van der Waals surface area contributed by atoms with Crippen molar-refractivity contribution in [2.75, 3.05) is 24.4 Å². The van der Waals surface area contributed by atoms with Crippen LogP contribution in [0.1, 0.15) is 0 Å². The van der Waals surface area contributed by atoms with Crippen LogP contribution in [0.3, 0.4) is 0 Å². The number of thioether (sulfide) groups is 1. The average molecular weight is 433 g/mol. The second-order valence-corrected chi connectivity index (χ2v) is 7.65. The van der Waals surface area contributed by atoms with E-state index in [2.05, 4.69) is 5.32 Å². The summed E-state index contributed by atoms with van der Waals surface area (Å²) in [6.07, 6.45) is 0. The van der Waals surface area contributed by atoms with Gasteiger partial charge < -0.3 is 14.8 Å². The van der Waals surface area contributed by atoms with Crippen LogP contribution in [-0.4, -0.2) is 26.0 Å². The summed E-state index contributed by atoms with van der Waals surface area (Å²) in [5, 5.41) is 3.13. The molecule has 1 N–H and O–H groups in total. The van der Waals surface area contributed by atoms with E-state index in [9.17, 15) is 9.59 Å². The maximum Gasteiger partial charge on any atom is 0.283 e. The lowest BCUT2D eigenvalue weighted by molar-refractivity contribution is -0.120. The summed E-state index contributed by atoms with van der Waals surface area (Å²) >= 11 is 1.24. The molecule has 0 aliphatic carbocycles. The molecule has 0 fully saturated rings. The quantitative estimate of drug-likeness (QED) is 0.546. The van der Waals surface area contributed by atoms with E-state index in [0.717, 1.165) is 9.80 Å². The number of anilines is 2. The number of carbonyl (C=O) groups excluding carboxylic acids is 2. The highest BCUT2D eigenvalue weighted by molar-refractivity contribution is 8.04. The van der Waals surface area contributed by atoms with E-state index < -0.39 is 11.8 Å². The fraction of sp³-hybridized carbons (Fsp3) is 0.0833. The van der Waals surface area contributed by atoms with Gasteiger partial charge in [0.15, 0.2) is 0 Å². The highest BCUT2D eigenvalue weighted by atomic mass is 32.2. The molecule has 4 rings (SSSR count). The number of imide groups is 1. The van der Waals surface area contributed by atoms with Crippen LogP contribution in [0.2, 0.25) is 0 Å². The van der Waals surface area contributed by atoms with Gasteiger partial charge in [-0.25, -0.2) is 4.90 Å². The standard InChI is InChI=1S/C24H20N2O4S/c1-29-19-14-8-6-12-17(19)25-21-22(31-16-10-4-3-5-11-16)24(28)26(23(21)27)18-13-7-9-15-20(18)30-2/h3-15,25H,1-2H3. The van der Waals surface area contributed by atoms with Gasteiger partial charge in [-0.15, -0.1) is 0 Å². The zero-order chi connectivity index (χ0) is 21.8. The fourth-order valence-corrected chi connectivity index (χ4v) is 4.18. The van der Waals surface area contributed by atoms with Crippen molar-refractivity contribution in [2.45, 2.75) is 4.90 Å². The molecule has 156 valence electrons. The number of ether oxygens (including phenoxy) is 2. The number of nitrogens with one attached hydrogen (secondary N) is 1. The molecule has 0 spiro atoms. The molecule has 0 saturated heterocycles. The van der Waals surface area contributed by atoms with E-state index in [1.54, 1.807) is 43.5 Å². The van der Waals surface area contributed by atoms with Crippen LogP contribution in [0.25, 0.3) is 0 Å². The van der Waals surface area contributed by atoms with Gasteiger partial charge in [-0.3, -0.25) is 9.59 Å².